The zero-order valence-corrected chi connectivity index (χ0v) is 18.6. The van der Waals surface area contributed by atoms with Gasteiger partial charge in [-0.3, -0.25) is 9.69 Å². The summed E-state index contributed by atoms with van der Waals surface area (Å²) in [6.07, 6.45) is 2.56. The summed E-state index contributed by atoms with van der Waals surface area (Å²) in [5, 5.41) is 3.24. The molecule has 1 N–H and O–H groups in total. The van der Waals surface area contributed by atoms with Crippen LogP contribution >= 0.6 is 0 Å². The molecule has 4 rings (SSSR count). The molecule has 3 aromatic carbocycles. The van der Waals surface area contributed by atoms with Crippen LogP contribution in [0.4, 0.5) is 0 Å². The van der Waals surface area contributed by atoms with Crippen molar-refractivity contribution in [2.24, 2.45) is 5.92 Å². The van der Waals surface area contributed by atoms with Crippen molar-refractivity contribution in [2.45, 2.75) is 39.3 Å². The van der Waals surface area contributed by atoms with Crippen LogP contribution in [0.5, 0.6) is 0 Å². The van der Waals surface area contributed by atoms with Crippen LogP contribution in [-0.2, 0) is 6.54 Å². The van der Waals surface area contributed by atoms with E-state index in [4.69, 9.17) is 0 Å². The van der Waals surface area contributed by atoms with E-state index in [0.29, 0.717) is 5.56 Å². The van der Waals surface area contributed by atoms with E-state index in [1.54, 1.807) is 0 Å². The van der Waals surface area contributed by atoms with Gasteiger partial charge in [-0.05, 0) is 67.6 Å². The molecular weight excluding hydrogens is 380 g/mol. The molecule has 0 aromatic heterocycles. The van der Waals surface area contributed by atoms with Gasteiger partial charge in [0.25, 0.3) is 5.91 Å². The maximum Gasteiger partial charge on any atom is 0.252 e. The summed E-state index contributed by atoms with van der Waals surface area (Å²) in [6.45, 7) is 7.71. The predicted molar refractivity (Wildman–Crippen MR) is 127 cm³/mol. The molecule has 1 saturated heterocycles. The standard InChI is InChI=1S/C28H32N2O/c1-21-8-12-25(13-9-21)27(24-6-4-3-5-7-24)29-28(31)26-14-10-23(11-15-26)20-30-18-16-22(2)17-19-30/h3-15,22,27H,16-20H2,1-2H3,(H,29,31)/t27-/m1/s1. The Labute approximate surface area is 186 Å². The first kappa shape index (κ1) is 21.3. The quantitative estimate of drug-likeness (QED) is 0.559. The Bertz CT molecular complexity index is 972. The first-order valence-electron chi connectivity index (χ1n) is 11.3. The second-order valence-electron chi connectivity index (χ2n) is 8.88. The van der Waals surface area contributed by atoms with Gasteiger partial charge in [-0.2, -0.15) is 0 Å². The van der Waals surface area contributed by atoms with Gasteiger partial charge in [0.05, 0.1) is 6.04 Å². The predicted octanol–water partition coefficient (Wildman–Crippen LogP) is 5.75. The first-order chi connectivity index (χ1) is 15.1. The zero-order chi connectivity index (χ0) is 21.6. The van der Waals surface area contributed by atoms with E-state index in [-0.39, 0.29) is 11.9 Å². The average molecular weight is 413 g/mol. The largest absolute Gasteiger partial charge is 0.341 e. The molecule has 160 valence electrons. The molecule has 1 aliphatic heterocycles. The third-order valence-corrected chi connectivity index (χ3v) is 6.32. The summed E-state index contributed by atoms with van der Waals surface area (Å²) in [5.41, 5.74) is 5.34. The van der Waals surface area contributed by atoms with E-state index >= 15 is 0 Å². The van der Waals surface area contributed by atoms with Crippen molar-refractivity contribution in [3.63, 3.8) is 0 Å². The average Bonchev–Trinajstić information content (AvgIpc) is 2.81. The summed E-state index contributed by atoms with van der Waals surface area (Å²) in [7, 11) is 0. The Balaban J connectivity index is 1.46. The molecule has 0 saturated carbocycles. The van der Waals surface area contributed by atoms with Gasteiger partial charge in [0.15, 0.2) is 0 Å². The van der Waals surface area contributed by atoms with E-state index in [1.165, 1.54) is 37.1 Å². The van der Waals surface area contributed by atoms with Gasteiger partial charge in [0, 0.05) is 12.1 Å². The Morgan fingerprint density at radius 3 is 2.16 bits per heavy atom. The van der Waals surface area contributed by atoms with E-state index in [0.717, 1.165) is 23.6 Å². The highest BCUT2D eigenvalue weighted by molar-refractivity contribution is 5.94. The molecule has 3 heteroatoms. The van der Waals surface area contributed by atoms with Gasteiger partial charge in [-0.1, -0.05) is 79.2 Å². The summed E-state index contributed by atoms with van der Waals surface area (Å²) in [4.78, 5) is 15.6. The molecule has 0 radical (unpaired) electrons. The molecule has 0 spiro atoms. The maximum absolute atomic E-state index is 13.1. The number of amides is 1. The Kier molecular flexibility index (Phi) is 6.83. The van der Waals surface area contributed by atoms with E-state index in [9.17, 15) is 4.79 Å². The number of carbonyl (C=O) groups is 1. The van der Waals surface area contributed by atoms with Crippen molar-refractivity contribution < 1.29 is 4.79 Å². The lowest BCUT2D eigenvalue weighted by atomic mass is 9.97. The van der Waals surface area contributed by atoms with Crippen molar-refractivity contribution in [1.29, 1.82) is 0 Å². The molecule has 0 bridgehead atoms. The second kappa shape index (κ2) is 9.93. The molecule has 1 atom stereocenters. The fourth-order valence-corrected chi connectivity index (χ4v) is 4.22. The number of nitrogens with zero attached hydrogens (tertiary/aromatic N) is 1. The minimum atomic E-state index is -0.177. The van der Waals surface area contributed by atoms with E-state index < -0.39 is 0 Å². The van der Waals surface area contributed by atoms with Crippen LogP contribution in [0, 0.1) is 12.8 Å². The number of aryl methyl sites for hydroxylation is 1. The minimum Gasteiger partial charge on any atom is -0.341 e. The molecule has 1 heterocycles. The molecule has 0 unspecified atom stereocenters. The third kappa shape index (κ3) is 5.62. The molecule has 3 nitrogen and oxygen atoms in total. The minimum absolute atomic E-state index is 0.0484. The molecule has 1 fully saturated rings. The van der Waals surface area contributed by atoms with Crippen LogP contribution in [0.3, 0.4) is 0 Å². The van der Waals surface area contributed by atoms with Crippen molar-refractivity contribution in [2.75, 3.05) is 13.1 Å². The van der Waals surface area contributed by atoms with Gasteiger partial charge in [0.2, 0.25) is 0 Å². The highest BCUT2D eigenvalue weighted by Crippen LogP contribution is 2.23. The topological polar surface area (TPSA) is 32.3 Å². The van der Waals surface area contributed by atoms with Gasteiger partial charge in [0.1, 0.15) is 0 Å². The van der Waals surface area contributed by atoms with Crippen LogP contribution in [0.25, 0.3) is 0 Å². The van der Waals surface area contributed by atoms with E-state index in [1.807, 2.05) is 30.3 Å². The van der Waals surface area contributed by atoms with Crippen molar-refractivity contribution in [3.8, 4) is 0 Å². The second-order valence-corrected chi connectivity index (χ2v) is 8.88. The van der Waals surface area contributed by atoms with Gasteiger partial charge < -0.3 is 5.32 Å². The highest BCUT2D eigenvalue weighted by atomic mass is 16.1. The number of likely N-dealkylation sites (tertiary alicyclic amines) is 1. The number of rotatable bonds is 6. The SMILES string of the molecule is Cc1ccc([C@H](NC(=O)c2ccc(CN3CCC(C)CC3)cc2)c2ccccc2)cc1. The number of hydrogen-bond donors (Lipinski definition) is 1. The summed E-state index contributed by atoms with van der Waals surface area (Å²) >= 11 is 0. The normalized spacial score (nSPS) is 16.1. The number of nitrogens with one attached hydrogen (secondary N) is 1. The number of benzene rings is 3. The lowest BCUT2D eigenvalue weighted by Gasteiger charge is -2.30. The lowest BCUT2D eigenvalue weighted by Crippen LogP contribution is -2.32. The first-order valence-corrected chi connectivity index (χ1v) is 11.3. The lowest BCUT2D eigenvalue weighted by molar-refractivity contribution is 0.0943. The molecule has 31 heavy (non-hydrogen) atoms. The van der Waals surface area contributed by atoms with Crippen molar-refractivity contribution >= 4 is 5.91 Å². The summed E-state index contributed by atoms with van der Waals surface area (Å²) in [5.74, 6) is 0.793. The number of piperidine rings is 1. The van der Waals surface area contributed by atoms with Crippen LogP contribution in [-0.4, -0.2) is 23.9 Å². The number of carbonyl (C=O) groups excluding carboxylic acids is 1. The maximum atomic E-state index is 13.1. The monoisotopic (exact) mass is 412 g/mol. The van der Waals surface area contributed by atoms with Crippen LogP contribution < -0.4 is 5.32 Å². The van der Waals surface area contributed by atoms with Crippen molar-refractivity contribution in [1.82, 2.24) is 10.2 Å². The smallest absolute Gasteiger partial charge is 0.252 e. The van der Waals surface area contributed by atoms with Crippen LogP contribution in [0.1, 0.15) is 58.4 Å². The molecule has 0 aliphatic carbocycles. The van der Waals surface area contributed by atoms with Crippen LogP contribution in [0.15, 0.2) is 78.9 Å². The Morgan fingerprint density at radius 2 is 1.52 bits per heavy atom. The molecule has 1 amide bonds. The Hall–Kier alpha value is -2.91. The third-order valence-electron chi connectivity index (χ3n) is 6.32. The summed E-state index contributed by atoms with van der Waals surface area (Å²) in [6, 6.07) is 26.4. The van der Waals surface area contributed by atoms with Crippen LogP contribution in [0.2, 0.25) is 0 Å². The molecular formula is C28H32N2O. The fraction of sp³-hybridized carbons (Fsp3) is 0.321. The fourth-order valence-electron chi connectivity index (χ4n) is 4.22. The molecule has 1 aliphatic rings. The van der Waals surface area contributed by atoms with Crippen molar-refractivity contribution in [3.05, 3.63) is 107 Å². The molecule has 3 aromatic rings. The Morgan fingerprint density at radius 1 is 0.903 bits per heavy atom. The highest BCUT2D eigenvalue weighted by Gasteiger charge is 2.19. The van der Waals surface area contributed by atoms with Gasteiger partial charge >= 0.3 is 0 Å². The van der Waals surface area contributed by atoms with E-state index in [2.05, 4.69) is 72.6 Å². The number of hydrogen-bond acceptors (Lipinski definition) is 2. The summed E-state index contributed by atoms with van der Waals surface area (Å²) < 4.78 is 0. The van der Waals surface area contributed by atoms with Gasteiger partial charge in [-0.15, -0.1) is 0 Å². The zero-order valence-electron chi connectivity index (χ0n) is 18.6. The van der Waals surface area contributed by atoms with Gasteiger partial charge in [-0.25, -0.2) is 0 Å².